The minimum absolute atomic E-state index is 0.00248. The lowest BCUT2D eigenvalue weighted by atomic mass is 10.1. The first-order valence-electron chi connectivity index (χ1n) is 6.90. The highest BCUT2D eigenvalue weighted by molar-refractivity contribution is 5.94. The second-order valence-corrected chi connectivity index (χ2v) is 4.56. The highest BCUT2D eigenvalue weighted by Gasteiger charge is 2.10. The summed E-state index contributed by atoms with van der Waals surface area (Å²) in [6, 6.07) is 8.88. The van der Waals surface area contributed by atoms with Crippen LogP contribution >= 0.6 is 0 Å². The zero-order chi connectivity index (χ0) is 14.8. The van der Waals surface area contributed by atoms with E-state index in [-0.39, 0.29) is 30.9 Å². The van der Waals surface area contributed by atoms with E-state index in [1.54, 1.807) is 24.3 Å². The van der Waals surface area contributed by atoms with Crippen molar-refractivity contribution < 1.29 is 14.7 Å². The molecule has 5 heteroatoms. The summed E-state index contributed by atoms with van der Waals surface area (Å²) < 4.78 is 0. The molecular weight excluding hydrogens is 256 g/mol. The number of aliphatic hydroxyl groups is 1. The monoisotopic (exact) mass is 278 g/mol. The molecule has 1 aromatic carbocycles. The second-order valence-electron chi connectivity index (χ2n) is 4.56. The van der Waals surface area contributed by atoms with Crippen molar-refractivity contribution in [1.82, 2.24) is 10.6 Å². The van der Waals surface area contributed by atoms with Gasteiger partial charge < -0.3 is 15.7 Å². The van der Waals surface area contributed by atoms with Gasteiger partial charge in [0, 0.05) is 31.2 Å². The molecule has 0 radical (unpaired) electrons. The molecular formula is C15H22N2O3. The maximum absolute atomic E-state index is 11.7. The number of hydrogen-bond donors (Lipinski definition) is 3. The third-order valence-corrected chi connectivity index (χ3v) is 3.01. The fourth-order valence-corrected chi connectivity index (χ4v) is 1.82. The molecule has 1 atom stereocenters. The normalized spacial score (nSPS) is 11.7. The molecule has 0 aliphatic rings. The standard InChI is InChI=1S/C15H22N2O3/c1-2-13(9-11-18)17-14(19)8-10-16-15(20)12-6-4-3-5-7-12/h3-7,13,18H,2,8-11H2,1H3,(H,16,20)(H,17,19). The zero-order valence-corrected chi connectivity index (χ0v) is 11.8. The Morgan fingerprint density at radius 3 is 2.55 bits per heavy atom. The van der Waals surface area contributed by atoms with Crippen molar-refractivity contribution in [2.45, 2.75) is 32.2 Å². The van der Waals surface area contributed by atoms with Crippen LogP contribution in [0.4, 0.5) is 0 Å². The smallest absolute Gasteiger partial charge is 0.251 e. The Morgan fingerprint density at radius 2 is 1.95 bits per heavy atom. The molecule has 110 valence electrons. The van der Waals surface area contributed by atoms with Crippen LogP contribution in [-0.2, 0) is 4.79 Å². The van der Waals surface area contributed by atoms with Crippen LogP contribution in [0.2, 0.25) is 0 Å². The quantitative estimate of drug-likeness (QED) is 0.666. The van der Waals surface area contributed by atoms with E-state index in [0.717, 1.165) is 6.42 Å². The Hall–Kier alpha value is -1.88. The van der Waals surface area contributed by atoms with Gasteiger partial charge in [-0.15, -0.1) is 0 Å². The number of nitrogens with one attached hydrogen (secondary N) is 2. The summed E-state index contributed by atoms with van der Waals surface area (Å²) in [5.74, 6) is -0.292. The predicted molar refractivity (Wildman–Crippen MR) is 77.3 cm³/mol. The van der Waals surface area contributed by atoms with E-state index in [9.17, 15) is 9.59 Å². The molecule has 2 amide bonds. The summed E-state index contributed by atoms with van der Waals surface area (Å²) in [7, 11) is 0. The number of hydrogen-bond acceptors (Lipinski definition) is 3. The van der Waals surface area contributed by atoms with Crippen LogP contribution in [0.15, 0.2) is 30.3 Å². The van der Waals surface area contributed by atoms with Gasteiger partial charge in [-0.05, 0) is 25.0 Å². The minimum Gasteiger partial charge on any atom is -0.396 e. The third kappa shape index (κ3) is 5.84. The Morgan fingerprint density at radius 1 is 1.25 bits per heavy atom. The van der Waals surface area contributed by atoms with Gasteiger partial charge in [-0.3, -0.25) is 9.59 Å². The SMILES string of the molecule is CCC(CCO)NC(=O)CCNC(=O)c1ccccc1. The fraction of sp³-hybridized carbons (Fsp3) is 0.467. The van der Waals surface area contributed by atoms with E-state index in [2.05, 4.69) is 10.6 Å². The first kappa shape index (κ1) is 16.2. The summed E-state index contributed by atoms with van der Waals surface area (Å²) >= 11 is 0. The molecule has 20 heavy (non-hydrogen) atoms. The Bertz CT molecular complexity index is 420. The molecule has 0 spiro atoms. The Kier molecular flexibility index (Phi) is 7.35. The van der Waals surface area contributed by atoms with Crippen molar-refractivity contribution in [3.63, 3.8) is 0 Å². The van der Waals surface area contributed by atoms with Gasteiger partial charge >= 0.3 is 0 Å². The summed E-state index contributed by atoms with van der Waals surface area (Å²) in [6.07, 6.45) is 1.57. The fourth-order valence-electron chi connectivity index (χ4n) is 1.82. The molecule has 0 saturated heterocycles. The second kappa shape index (κ2) is 9.09. The molecule has 0 fully saturated rings. The maximum Gasteiger partial charge on any atom is 0.251 e. The first-order valence-corrected chi connectivity index (χ1v) is 6.90. The largest absolute Gasteiger partial charge is 0.396 e. The molecule has 5 nitrogen and oxygen atoms in total. The minimum atomic E-state index is -0.180. The van der Waals surface area contributed by atoms with Crippen LogP contribution in [0.1, 0.15) is 36.5 Å². The van der Waals surface area contributed by atoms with Gasteiger partial charge in [-0.25, -0.2) is 0 Å². The predicted octanol–water partition coefficient (Wildman–Crippen LogP) is 1.08. The zero-order valence-electron chi connectivity index (χ0n) is 11.8. The van der Waals surface area contributed by atoms with Crippen LogP contribution in [0.5, 0.6) is 0 Å². The van der Waals surface area contributed by atoms with Crippen LogP contribution in [-0.4, -0.2) is 36.1 Å². The number of rotatable bonds is 8. The van der Waals surface area contributed by atoms with Crippen LogP contribution in [0, 0.1) is 0 Å². The van der Waals surface area contributed by atoms with Gasteiger partial charge in [-0.1, -0.05) is 25.1 Å². The van der Waals surface area contributed by atoms with Gasteiger partial charge in [0.15, 0.2) is 0 Å². The van der Waals surface area contributed by atoms with Crippen LogP contribution in [0.3, 0.4) is 0 Å². The Labute approximate surface area is 119 Å². The molecule has 0 aromatic heterocycles. The average molecular weight is 278 g/mol. The van der Waals surface area contributed by atoms with Crippen molar-refractivity contribution in [2.24, 2.45) is 0 Å². The van der Waals surface area contributed by atoms with Crippen LogP contribution < -0.4 is 10.6 Å². The van der Waals surface area contributed by atoms with Gasteiger partial charge in [0.05, 0.1) is 0 Å². The van der Waals surface area contributed by atoms with Crippen molar-refractivity contribution in [1.29, 1.82) is 0 Å². The molecule has 0 aliphatic carbocycles. The van der Waals surface area contributed by atoms with Crippen molar-refractivity contribution in [3.8, 4) is 0 Å². The van der Waals surface area contributed by atoms with E-state index in [1.165, 1.54) is 0 Å². The van der Waals surface area contributed by atoms with E-state index >= 15 is 0 Å². The lowest BCUT2D eigenvalue weighted by Crippen LogP contribution is -2.37. The molecule has 3 N–H and O–H groups in total. The van der Waals surface area contributed by atoms with E-state index in [4.69, 9.17) is 5.11 Å². The number of aliphatic hydroxyl groups excluding tert-OH is 1. The van der Waals surface area contributed by atoms with Crippen molar-refractivity contribution in [3.05, 3.63) is 35.9 Å². The lowest BCUT2D eigenvalue weighted by Gasteiger charge is -2.15. The molecule has 0 aliphatic heterocycles. The molecule has 1 unspecified atom stereocenters. The van der Waals surface area contributed by atoms with Crippen molar-refractivity contribution in [2.75, 3.05) is 13.2 Å². The van der Waals surface area contributed by atoms with E-state index in [1.807, 2.05) is 13.0 Å². The summed E-state index contributed by atoms with van der Waals surface area (Å²) in [4.78, 5) is 23.4. The average Bonchev–Trinajstić information content (AvgIpc) is 2.47. The van der Waals surface area contributed by atoms with E-state index < -0.39 is 0 Å². The highest BCUT2D eigenvalue weighted by atomic mass is 16.3. The van der Waals surface area contributed by atoms with Gasteiger partial charge in [0.2, 0.25) is 5.91 Å². The molecule has 0 bridgehead atoms. The first-order chi connectivity index (χ1) is 9.67. The molecule has 1 rings (SSSR count). The molecule has 1 aromatic rings. The lowest BCUT2D eigenvalue weighted by molar-refractivity contribution is -0.121. The van der Waals surface area contributed by atoms with E-state index in [0.29, 0.717) is 18.5 Å². The summed E-state index contributed by atoms with van der Waals surface area (Å²) in [6.45, 7) is 2.32. The van der Waals surface area contributed by atoms with Crippen LogP contribution in [0.25, 0.3) is 0 Å². The number of carbonyl (C=O) groups excluding carboxylic acids is 2. The molecule has 0 saturated carbocycles. The molecule has 0 heterocycles. The topological polar surface area (TPSA) is 78.4 Å². The van der Waals surface area contributed by atoms with Gasteiger partial charge in [0.25, 0.3) is 5.91 Å². The number of carbonyl (C=O) groups is 2. The summed E-state index contributed by atoms with van der Waals surface area (Å²) in [5.41, 5.74) is 0.583. The maximum atomic E-state index is 11.7. The van der Waals surface area contributed by atoms with Crippen molar-refractivity contribution >= 4 is 11.8 Å². The summed E-state index contributed by atoms with van der Waals surface area (Å²) in [5, 5.41) is 14.4. The number of benzene rings is 1. The number of amides is 2. The third-order valence-electron chi connectivity index (χ3n) is 3.01. The van der Waals surface area contributed by atoms with Gasteiger partial charge in [0.1, 0.15) is 0 Å². The van der Waals surface area contributed by atoms with Gasteiger partial charge in [-0.2, -0.15) is 0 Å². The highest BCUT2D eigenvalue weighted by Crippen LogP contribution is 1.99. The Balaban J connectivity index is 2.26.